The Bertz CT molecular complexity index is 819. The Labute approximate surface area is 136 Å². The molecule has 0 aliphatic rings. The minimum Gasteiger partial charge on any atom is -0.490 e. The number of nitrogens with zero attached hydrogens (tertiary/aromatic N) is 2. The summed E-state index contributed by atoms with van der Waals surface area (Å²) < 4.78 is 13.2. The van der Waals surface area contributed by atoms with Crippen molar-refractivity contribution in [1.82, 2.24) is 9.38 Å². The summed E-state index contributed by atoms with van der Waals surface area (Å²) in [7, 11) is 0. The second-order valence-corrected chi connectivity index (χ2v) is 5.43. The van der Waals surface area contributed by atoms with E-state index in [4.69, 9.17) is 9.47 Å². The van der Waals surface area contributed by atoms with Crippen LogP contribution in [0.25, 0.3) is 16.9 Å². The van der Waals surface area contributed by atoms with Crippen LogP contribution in [0.4, 0.5) is 0 Å². The molecule has 2 heterocycles. The predicted octanol–water partition coefficient (Wildman–Crippen LogP) is 4.35. The summed E-state index contributed by atoms with van der Waals surface area (Å²) in [6.45, 7) is 8.90. The van der Waals surface area contributed by atoms with Crippen LogP contribution in [-0.4, -0.2) is 22.6 Å². The first-order valence-electron chi connectivity index (χ1n) is 7.65. The van der Waals surface area contributed by atoms with Crippen LogP contribution in [0, 0.1) is 0 Å². The summed E-state index contributed by atoms with van der Waals surface area (Å²) in [5.74, 6) is 1.62. The molecular weight excluding hydrogens is 288 g/mol. The summed E-state index contributed by atoms with van der Waals surface area (Å²) in [5, 5.41) is 0. The molecular formula is C19H20N2O2. The standard InChI is InChI=1S/C19H20N2O2/c1-4-22-18-6-5-11-21-12-17(20-19(18)21)15-7-9-16(10-8-15)23-13-14(2)3/h5-12H,2,4,13H2,1,3H3. The lowest BCUT2D eigenvalue weighted by molar-refractivity contribution is 0.342. The fourth-order valence-corrected chi connectivity index (χ4v) is 2.32. The number of pyridine rings is 1. The van der Waals surface area contributed by atoms with Gasteiger partial charge >= 0.3 is 0 Å². The number of rotatable bonds is 6. The number of aromatic nitrogens is 2. The van der Waals surface area contributed by atoms with Gasteiger partial charge in [0.25, 0.3) is 0 Å². The Morgan fingerprint density at radius 3 is 2.65 bits per heavy atom. The molecule has 0 spiro atoms. The molecule has 0 radical (unpaired) electrons. The molecule has 3 aromatic rings. The Kier molecular flexibility index (Phi) is 4.33. The van der Waals surface area contributed by atoms with Crippen LogP contribution in [-0.2, 0) is 0 Å². The van der Waals surface area contributed by atoms with Crippen molar-refractivity contribution < 1.29 is 9.47 Å². The fraction of sp³-hybridized carbons (Fsp3) is 0.211. The molecule has 0 fully saturated rings. The topological polar surface area (TPSA) is 35.8 Å². The highest BCUT2D eigenvalue weighted by molar-refractivity contribution is 5.66. The highest BCUT2D eigenvalue weighted by Crippen LogP contribution is 2.26. The molecule has 23 heavy (non-hydrogen) atoms. The summed E-state index contributed by atoms with van der Waals surface area (Å²) in [4.78, 5) is 4.69. The first-order chi connectivity index (χ1) is 11.2. The van der Waals surface area contributed by atoms with Gasteiger partial charge in [0.1, 0.15) is 12.4 Å². The van der Waals surface area contributed by atoms with E-state index >= 15 is 0 Å². The SMILES string of the molecule is C=C(C)COc1ccc(-c2cn3cccc(OCC)c3n2)cc1. The zero-order valence-electron chi connectivity index (χ0n) is 13.5. The van der Waals surface area contributed by atoms with Crippen LogP contribution >= 0.6 is 0 Å². The Hall–Kier alpha value is -2.75. The monoisotopic (exact) mass is 308 g/mol. The van der Waals surface area contributed by atoms with Gasteiger partial charge in [0.2, 0.25) is 0 Å². The third kappa shape index (κ3) is 3.37. The Balaban J connectivity index is 1.88. The minimum absolute atomic E-state index is 0.533. The fourth-order valence-electron chi connectivity index (χ4n) is 2.32. The molecule has 0 aliphatic carbocycles. The third-order valence-corrected chi connectivity index (χ3v) is 3.38. The maximum absolute atomic E-state index is 5.63. The molecule has 0 atom stereocenters. The highest BCUT2D eigenvalue weighted by Gasteiger charge is 2.08. The normalized spacial score (nSPS) is 10.7. The molecule has 1 aromatic carbocycles. The van der Waals surface area contributed by atoms with Crippen molar-refractivity contribution in [2.45, 2.75) is 13.8 Å². The van der Waals surface area contributed by atoms with Gasteiger partial charge < -0.3 is 13.9 Å². The Morgan fingerprint density at radius 2 is 1.96 bits per heavy atom. The number of imidazole rings is 1. The van der Waals surface area contributed by atoms with Gasteiger partial charge in [-0.3, -0.25) is 0 Å². The summed E-state index contributed by atoms with van der Waals surface area (Å²) >= 11 is 0. The predicted molar refractivity (Wildman–Crippen MR) is 92.1 cm³/mol. The van der Waals surface area contributed by atoms with Crippen LogP contribution in [0.5, 0.6) is 11.5 Å². The van der Waals surface area contributed by atoms with Crippen LogP contribution in [0.1, 0.15) is 13.8 Å². The smallest absolute Gasteiger partial charge is 0.180 e. The van der Waals surface area contributed by atoms with Gasteiger partial charge in [0.05, 0.1) is 12.3 Å². The average molecular weight is 308 g/mol. The third-order valence-electron chi connectivity index (χ3n) is 3.38. The molecule has 0 saturated carbocycles. The zero-order chi connectivity index (χ0) is 16.2. The van der Waals surface area contributed by atoms with E-state index in [1.807, 2.05) is 67.0 Å². The van der Waals surface area contributed by atoms with E-state index in [9.17, 15) is 0 Å². The first-order valence-corrected chi connectivity index (χ1v) is 7.65. The molecule has 3 rings (SSSR count). The number of ether oxygens (including phenoxy) is 2. The van der Waals surface area contributed by atoms with Crippen molar-refractivity contribution in [3.05, 3.63) is 60.9 Å². The highest BCUT2D eigenvalue weighted by atomic mass is 16.5. The van der Waals surface area contributed by atoms with E-state index in [-0.39, 0.29) is 0 Å². The van der Waals surface area contributed by atoms with Crippen molar-refractivity contribution in [2.24, 2.45) is 0 Å². The molecule has 0 amide bonds. The molecule has 0 bridgehead atoms. The van der Waals surface area contributed by atoms with Crippen LogP contribution in [0.2, 0.25) is 0 Å². The van der Waals surface area contributed by atoms with Crippen LogP contribution < -0.4 is 9.47 Å². The zero-order valence-corrected chi connectivity index (χ0v) is 13.5. The lowest BCUT2D eigenvalue weighted by atomic mass is 10.1. The summed E-state index contributed by atoms with van der Waals surface area (Å²) in [5.41, 5.74) is 3.77. The lowest BCUT2D eigenvalue weighted by Crippen LogP contribution is -1.97. The molecule has 4 nitrogen and oxygen atoms in total. The number of benzene rings is 1. The van der Waals surface area contributed by atoms with E-state index < -0.39 is 0 Å². The van der Waals surface area contributed by atoms with E-state index in [0.717, 1.165) is 34.0 Å². The van der Waals surface area contributed by atoms with Gasteiger partial charge in [0, 0.05) is 18.0 Å². The molecule has 0 N–H and O–H groups in total. The van der Waals surface area contributed by atoms with Crippen LogP contribution in [0.3, 0.4) is 0 Å². The van der Waals surface area contributed by atoms with Crippen molar-refractivity contribution in [3.8, 4) is 22.8 Å². The van der Waals surface area contributed by atoms with E-state index in [1.54, 1.807) is 0 Å². The summed E-state index contributed by atoms with van der Waals surface area (Å²) in [6.07, 6.45) is 3.97. The van der Waals surface area contributed by atoms with E-state index in [0.29, 0.717) is 13.2 Å². The van der Waals surface area contributed by atoms with Crippen molar-refractivity contribution in [2.75, 3.05) is 13.2 Å². The van der Waals surface area contributed by atoms with Gasteiger partial charge in [-0.2, -0.15) is 0 Å². The minimum atomic E-state index is 0.533. The molecule has 0 aliphatic heterocycles. The van der Waals surface area contributed by atoms with Gasteiger partial charge in [-0.15, -0.1) is 0 Å². The molecule has 0 saturated heterocycles. The van der Waals surface area contributed by atoms with Gasteiger partial charge in [-0.1, -0.05) is 6.58 Å². The molecule has 0 unspecified atom stereocenters. The number of fused-ring (bicyclic) bond motifs is 1. The van der Waals surface area contributed by atoms with Crippen molar-refractivity contribution >= 4 is 5.65 Å². The van der Waals surface area contributed by atoms with Gasteiger partial charge in [-0.25, -0.2) is 4.98 Å². The molecule has 2 aromatic heterocycles. The number of hydrogen-bond acceptors (Lipinski definition) is 3. The maximum atomic E-state index is 5.63. The lowest BCUT2D eigenvalue weighted by Gasteiger charge is -2.05. The van der Waals surface area contributed by atoms with Crippen molar-refractivity contribution in [3.63, 3.8) is 0 Å². The number of hydrogen-bond donors (Lipinski definition) is 0. The van der Waals surface area contributed by atoms with E-state index in [1.165, 1.54) is 0 Å². The van der Waals surface area contributed by atoms with Gasteiger partial charge in [-0.05, 0) is 55.8 Å². The average Bonchev–Trinajstić information content (AvgIpc) is 2.99. The molecule has 118 valence electrons. The summed E-state index contributed by atoms with van der Waals surface area (Å²) in [6, 6.07) is 11.8. The maximum Gasteiger partial charge on any atom is 0.180 e. The van der Waals surface area contributed by atoms with E-state index in [2.05, 4.69) is 11.6 Å². The first kappa shape index (κ1) is 15.2. The molecule has 4 heteroatoms. The Morgan fingerprint density at radius 1 is 1.17 bits per heavy atom. The largest absolute Gasteiger partial charge is 0.490 e. The van der Waals surface area contributed by atoms with Gasteiger partial charge in [0.15, 0.2) is 11.4 Å². The second-order valence-electron chi connectivity index (χ2n) is 5.43. The van der Waals surface area contributed by atoms with Crippen molar-refractivity contribution in [1.29, 1.82) is 0 Å². The second kappa shape index (κ2) is 6.57. The van der Waals surface area contributed by atoms with Crippen LogP contribution in [0.15, 0.2) is 60.9 Å². The quantitative estimate of drug-likeness (QED) is 0.635.